The van der Waals surface area contributed by atoms with Crippen molar-refractivity contribution in [3.05, 3.63) is 52.0 Å². The largest absolute Gasteiger partial charge is 0.471 e. The number of thioether (sulfide) groups is 1. The maximum Gasteiger partial charge on any atom is 0.471 e. The van der Waals surface area contributed by atoms with Crippen molar-refractivity contribution in [1.82, 2.24) is 14.9 Å². The molecule has 0 aliphatic carbocycles. The van der Waals surface area contributed by atoms with Crippen molar-refractivity contribution in [2.45, 2.75) is 43.7 Å². The molecule has 0 atom stereocenters. The molecule has 4 rings (SSSR count). The summed E-state index contributed by atoms with van der Waals surface area (Å²) in [5.74, 6) is -2.00. The summed E-state index contributed by atoms with van der Waals surface area (Å²) in [5.41, 5.74) is 1.02. The Morgan fingerprint density at radius 3 is 2.40 bits per heavy atom. The number of thiophene rings is 1. The summed E-state index contributed by atoms with van der Waals surface area (Å²) >= 11 is 2.53. The Labute approximate surface area is 204 Å². The average Bonchev–Trinajstić information content (AvgIpc) is 3.43. The zero-order valence-corrected chi connectivity index (χ0v) is 20.0. The first kappa shape index (κ1) is 25.3. The van der Waals surface area contributed by atoms with Gasteiger partial charge in [-0.1, -0.05) is 13.0 Å². The molecule has 2 aromatic heterocycles. The van der Waals surface area contributed by atoms with E-state index in [4.69, 9.17) is 0 Å². The van der Waals surface area contributed by atoms with Crippen LogP contribution in [0.4, 0.5) is 38.0 Å². The number of anilines is 2. The van der Waals surface area contributed by atoms with Crippen LogP contribution >= 0.6 is 23.1 Å². The first-order chi connectivity index (χ1) is 16.4. The van der Waals surface area contributed by atoms with Gasteiger partial charge in [-0.05, 0) is 41.5 Å². The minimum absolute atomic E-state index is 0.0806. The third-order valence-electron chi connectivity index (χ3n) is 5.44. The molecule has 0 saturated carbocycles. The predicted octanol–water partition coefficient (Wildman–Crippen LogP) is 6.66. The number of hydrogen-bond acceptors (Lipinski definition) is 6. The zero-order valence-electron chi connectivity index (χ0n) is 18.3. The van der Waals surface area contributed by atoms with Crippen molar-refractivity contribution in [2.75, 3.05) is 11.6 Å². The summed E-state index contributed by atoms with van der Waals surface area (Å²) < 4.78 is 79.4. The number of carbonyl (C=O) groups excluding carboxylic acids is 1. The number of fused-ring (bicyclic) bond motifs is 1. The van der Waals surface area contributed by atoms with E-state index in [1.54, 1.807) is 23.6 Å². The van der Waals surface area contributed by atoms with Gasteiger partial charge in [0, 0.05) is 35.2 Å². The Morgan fingerprint density at radius 1 is 1.14 bits per heavy atom. The Morgan fingerprint density at radius 2 is 1.83 bits per heavy atom. The van der Waals surface area contributed by atoms with Crippen LogP contribution < -0.4 is 5.32 Å². The number of nitrogens with zero attached hydrogens (tertiary/aromatic N) is 3. The second kappa shape index (κ2) is 9.34. The molecule has 1 aromatic carbocycles. The molecular formula is C22H18F6N4OS2. The highest BCUT2D eigenvalue weighted by molar-refractivity contribution is 7.98. The Kier molecular flexibility index (Phi) is 6.75. The fraction of sp³-hybridized carbons (Fsp3) is 0.318. The maximum absolute atomic E-state index is 13.6. The number of amides is 1. The van der Waals surface area contributed by atoms with E-state index in [0.29, 0.717) is 44.8 Å². The standard InChI is InChI=1S/C22H18F6N4OS2/c1-3-11-4-12-8-32(19(33)22(26,27)28)9-13(12)5-16(11)30-20-29-7-15(21(23,24)25)18(31-20)17-6-14(34-2)10-35-17/h4-7,10H,3,8-9H2,1-2H3,(H,29,30,31). The topological polar surface area (TPSA) is 58.1 Å². The molecule has 0 unspecified atom stereocenters. The Balaban J connectivity index is 1.68. The maximum atomic E-state index is 13.6. The number of hydrogen-bond donors (Lipinski definition) is 1. The van der Waals surface area contributed by atoms with Crippen LogP contribution in [-0.2, 0) is 30.5 Å². The average molecular weight is 533 g/mol. The Bertz CT molecular complexity index is 1270. The first-order valence-corrected chi connectivity index (χ1v) is 12.4. The summed E-state index contributed by atoms with van der Waals surface area (Å²) in [7, 11) is 0. The highest BCUT2D eigenvalue weighted by atomic mass is 32.2. The number of halogens is 6. The van der Waals surface area contributed by atoms with Gasteiger partial charge in [-0.15, -0.1) is 23.1 Å². The van der Waals surface area contributed by atoms with Gasteiger partial charge in [0.25, 0.3) is 0 Å². The monoisotopic (exact) mass is 532 g/mol. The molecule has 0 saturated heterocycles. The minimum Gasteiger partial charge on any atom is -0.326 e. The lowest BCUT2D eigenvalue weighted by Gasteiger charge is -2.16. The number of alkyl halides is 6. The van der Waals surface area contributed by atoms with Gasteiger partial charge in [0.05, 0.1) is 10.6 Å². The SMILES string of the molecule is CCc1cc2c(cc1Nc1ncc(C(F)(F)F)c(-c3cc(SC)cs3)n1)CN(C(=O)C(F)(F)F)C2. The molecule has 0 bridgehead atoms. The normalized spacial score (nSPS) is 13.8. The van der Waals surface area contributed by atoms with Gasteiger partial charge in [-0.2, -0.15) is 26.3 Å². The van der Waals surface area contributed by atoms with E-state index in [1.807, 2.05) is 13.2 Å². The second-order valence-corrected chi connectivity index (χ2v) is 9.51. The van der Waals surface area contributed by atoms with Crippen LogP contribution in [0.15, 0.2) is 34.7 Å². The van der Waals surface area contributed by atoms with Crippen LogP contribution in [0.5, 0.6) is 0 Å². The van der Waals surface area contributed by atoms with Crippen molar-refractivity contribution in [3.63, 3.8) is 0 Å². The minimum atomic E-state index is -4.97. The fourth-order valence-corrected chi connectivity index (χ4v) is 5.35. The third-order valence-corrected chi connectivity index (χ3v) is 7.24. The lowest BCUT2D eigenvalue weighted by atomic mass is 10.0. The van der Waals surface area contributed by atoms with Crippen molar-refractivity contribution in [1.29, 1.82) is 0 Å². The smallest absolute Gasteiger partial charge is 0.326 e. The molecule has 186 valence electrons. The molecule has 35 heavy (non-hydrogen) atoms. The molecule has 5 nitrogen and oxygen atoms in total. The quantitative estimate of drug-likeness (QED) is 0.294. The number of carbonyl (C=O) groups is 1. The van der Waals surface area contributed by atoms with Gasteiger partial charge in [0.2, 0.25) is 5.95 Å². The summed E-state index contributed by atoms with van der Waals surface area (Å²) in [6.07, 6.45) is -6.62. The summed E-state index contributed by atoms with van der Waals surface area (Å²) in [5, 5.41) is 4.66. The number of nitrogens with one attached hydrogen (secondary N) is 1. The van der Waals surface area contributed by atoms with Crippen molar-refractivity contribution >= 4 is 40.6 Å². The molecule has 1 amide bonds. The van der Waals surface area contributed by atoms with Crippen molar-refractivity contribution in [3.8, 4) is 10.6 Å². The summed E-state index contributed by atoms with van der Waals surface area (Å²) in [6, 6.07) is 4.90. The molecule has 0 radical (unpaired) electrons. The molecule has 0 fully saturated rings. The highest BCUT2D eigenvalue weighted by Gasteiger charge is 2.44. The molecule has 1 aliphatic rings. The Hall–Kier alpha value is -2.80. The van der Waals surface area contributed by atoms with E-state index >= 15 is 0 Å². The molecule has 13 heteroatoms. The summed E-state index contributed by atoms with van der Waals surface area (Å²) in [6.45, 7) is 1.44. The van der Waals surface area contributed by atoms with Crippen LogP contribution in [0.3, 0.4) is 0 Å². The van der Waals surface area contributed by atoms with Crippen molar-refractivity contribution < 1.29 is 31.1 Å². The van der Waals surface area contributed by atoms with Gasteiger partial charge in [-0.25, -0.2) is 9.97 Å². The molecule has 1 aliphatic heterocycles. The van der Waals surface area contributed by atoms with E-state index < -0.39 is 23.8 Å². The number of aryl methyl sites for hydroxylation is 1. The fourth-order valence-electron chi connectivity index (χ4n) is 3.74. The van der Waals surface area contributed by atoms with Crippen LogP contribution in [0.1, 0.15) is 29.2 Å². The van der Waals surface area contributed by atoms with Gasteiger partial charge in [-0.3, -0.25) is 4.79 Å². The van der Waals surface area contributed by atoms with Crippen LogP contribution in [0.2, 0.25) is 0 Å². The predicted molar refractivity (Wildman–Crippen MR) is 122 cm³/mol. The lowest BCUT2D eigenvalue weighted by Crippen LogP contribution is -2.37. The van der Waals surface area contributed by atoms with Crippen LogP contribution in [-0.4, -0.2) is 33.2 Å². The number of benzene rings is 1. The molecular weight excluding hydrogens is 514 g/mol. The highest BCUT2D eigenvalue weighted by Crippen LogP contribution is 2.40. The second-order valence-electron chi connectivity index (χ2n) is 7.72. The van der Waals surface area contributed by atoms with Crippen LogP contribution in [0.25, 0.3) is 10.6 Å². The zero-order chi connectivity index (χ0) is 25.5. The lowest BCUT2D eigenvalue weighted by molar-refractivity contribution is -0.186. The van der Waals surface area contributed by atoms with Gasteiger partial charge < -0.3 is 10.2 Å². The number of rotatable bonds is 5. The third kappa shape index (κ3) is 5.25. The molecule has 3 aromatic rings. The van der Waals surface area contributed by atoms with E-state index in [0.717, 1.165) is 16.2 Å². The van der Waals surface area contributed by atoms with E-state index in [-0.39, 0.29) is 24.7 Å². The molecule has 3 heterocycles. The van der Waals surface area contributed by atoms with Crippen LogP contribution in [0, 0.1) is 0 Å². The van der Waals surface area contributed by atoms with Gasteiger partial charge in [0.1, 0.15) is 5.56 Å². The molecule has 1 N–H and O–H groups in total. The van der Waals surface area contributed by atoms with Gasteiger partial charge in [0.15, 0.2) is 0 Å². The van der Waals surface area contributed by atoms with Gasteiger partial charge >= 0.3 is 18.3 Å². The van der Waals surface area contributed by atoms with E-state index in [1.165, 1.54) is 11.8 Å². The number of aromatic nitrogens is 2. The van der Waals surface area contributed by atoms with E-state index in [2.05, 4.69) is 15.3 Å². The van der Waals surface area contributed by atoms with Crippen molar-refractivity contribution in [2.24, 2.45) is 0 Å². The summed E-state index contributed by atoms with van der Waals surface area (Å²) in [4.78, 5) is 21.5. The first-order valence-electron chi connectivity index (χ1n) is 10.3. The van der Waals surface area contributed by atoms with E-state index in [9.17, 15) is 31.1 Å². The molecule has 0 spiro atoms.